The number of aliphatic hydroxyl groups is 1. The summed E-state index contributed by atoms with van der Waals surface area (Å²) in [5, 5.41) is 12.3. The minimum absolute atomic E-state index is 0.145. The van der Waals surface area contributed by atoms with Crippen LogP contribution < -0.4 is 5.32 Å². The molecule has 0 saturated heterocycles. The molecule has 0 bridgehead atoms. The lowest BCUT2D eigenvalue weighted by Gasteiger charge is -2.25. The number of thiocarbonyl (C=S) groups is 1. The number of unbranched alkanes of at least 4 members (excludes halogenated alkanes) is 1. The van der Waals surface area contributed by atoms with Crippen molar-refractivity contribution in [3.8, 4) is 11.1 Å². The molecule has 30 heavy (non-hydrogen) atoms. The van der Waals surface area contributed by atoms with Gasteiger partial charge in [0, 0.05) is 25.3 Å². The van der Waals surface area contributed by atoms with Gasteiger partial charge in [0.05, 0.1) is 0 Å². The Labute approximate surface area is 183 Å². The van der Waals surface area contributed by atoms with Crippen molar-refractivity contribution in [3.63, 3.8) is 0 Å². The number of nitrogens with one attached hydrogen (secondary N) is 1. The third kappa shape index (κ3) is 6.24. The van der Waals surface area contributed by atoms with Crippen LogP contribution in [0.25, 0.3) is 11.1 Å². The molecule has 0 radical (unpaired) electrons. The second kappa shape index (κ2) is 11.2. The van der Waals surface area contributed by atoms with Gasteiger partial charge in [0.25, 0.3) is 5.91 Å². The third-order valence-corrected chi connectivity index (χ3v) is 5.17. The van der Waals surface area contributed by atoms with Crippen molar-refractivity contribution < 1.29 is 9.90 Å². The number of carbonyl (C=O) groups is 1. The summed E-state index contributed by atoms with van der Waals surface area (Å²) in [7, 11) is 0. The van der Waals surface area contributed by atoms with E-state index in [0.717, 1.165) is 23.1 Å². The quantitative estimate of drug-likeness (QED) is 0.413. The van der Waals surface area contributed by atoms with Gasteiger partial charge in [-0.3, -0.25) is 10.1 Å². The highest BCUT2D eigenvalue weighted by Crippen LogP contribution is 2.19. The van der Waals surface area contributed by atoms with Crippen LogP contribution in [-0.4, -0.2) is 34.2 Å². The number of hydrogen-bond acceptors (Lipinski definition) is 3. The van der Waals surface area contributed by atoms with Gasteiger partial charge >= 0.3 is 0 Å². The average molecular weight is 419 g/mol. The normalized spacial score (nSPS) is 10.4. The number of nitrogens with zero attached hydrogens (tertiary/aromatic N) is 1. The number of benzene rings is 3. The zero-order valence-electron chi connectivity index (χ0n) is 16.8. The monoisotopic (exact) mass is 418 g/mol. The predicted molar refractivity (Wildman–Crippen MR) is 125 cm³/mol. The number of carbonyl (C=O) groups excluding carboxylic acids is 1. The van der Waals surface area contributed by atoms with Crippen molar-refractivity contribution in [1.82, 2.24) is 10.2 Å². The Morgan fingerprint density at radius 3 is 2.07 bits per heavy atom. The maximum absolute atomic E-state index is 12.7. The fourth-order valence-corrected chi connectivity index (χ4v) is 3.41. The molecule has 3 aromatic rings. The van der Waals surface area contributed by atoms with Gasteiger partial charge in [-0.25, -0.2) is 0 Å². The van der Waals surface area contributed by atoms with Crippen LogP contribution in [0.15, 0.2) is 84.9 Å². The molecule has 2 N–H and O–H groups in total. The van der Waals surface area contributed by atoms with Gasteiger partial charge in [0.15, 0.2) is 5.11 Å². The SMILES string of the molecule is O=C(NC(=S)N(CCCCO)Cc1ccccc1)c1ccc(-c2ccccc2)cc1. The Morgan fingerprint density at radius 1 is 0.833 bits per heavy atom. The summed E-state index contributed by atoms with van der Waals surface area (Å²) in [5.74, 6) is -0.222. The summed E-state index contributed by atoms with van der Waals surface area (Å²) < 4.78 is 0. The number of hydrogen-bond donors (Lipinski definition) is 2. The summed E-state index contributed by atoms with van der Waals surface area (Å²) >= 11 is 5.53. The van der Waals surface area contributed by atoms with E-state index in [1.807, 2.05) is 89.8 Å². The summed E-state index contributed by atoms with van der Waals surface area (Å²) in [6.45, 7) is 1.42. The molecule has 4 nitrogen and oxygen atoms in total. The Hall–Kier alpha value is -3.02. The molecule has 0 aromatic heterocycles. The zero-order chi connectivity index (χ0) is 21.2. The first-order chi connectivity index (χ1) is 14.7. The lowest BCUT2D eigenvalue weighted by atomic mass is 10.0. The molecule has 0 saturated carbocycles. The topological polar surface area (TPSA) is 52.6 Å². The summed E-state index contributed by atoms with van der Waals surface area (Å²) in [5.41, 5.74) is 3.85. The molecule has 0 aliphatic rings. The number of rotatable bonds is 8. The maximum atomic E-state index is 12.7. The van der Waals surface area contributed by atoms with Gasteiger partial charge in [0.1, 0.15) is 0 Å². The van der Waals surface area contributed by atoms with Gasteiger partial charge in [-0.05, 0) is 53.9 Å². The van der Waals surface area contributed by atoms with Gasteiger partial charge in [-0.1, -0.05) is 72.8 Å². The van der Waals surface area contributed by atoms with Crippen LogP contribution in [0.2, 0.25) is 0 Å². The number of aliphatic hydroxyl groups excluding tert-OH is 1. The molecule has 0 fully saturated rings. The second-order valence-corrected chi connectivity index (χ2v) is 7.43. The molecule has 0 heterocycles. The first kappa shape index (κ1) is 21.7. The standard InChI is InChI=1S/C25H26N2O2S/c28-18-8-7-17-27(19-20-9-3-1-4-10-20)25(30)26-24(29)23-15-13-22(14-16-23)21-11-5-2-6-12-21/h1-6,9-16,28H,7-8,17-19H2,(H,26,29,30). The second-order valence-electron chi connectivity index (χ2n) is 7.04. The van der Waals surface area contributed by atoms with Crippen LogP contribution in [0.4, 0.5) is 0 Å². The van der Waals surface area contributed by atoms with E-state index in [9.17, 15) is 4.79 Å². The summed E-state index contributed by atoms with van der Waals surface area (Å²) in [6, 6.07) is 27.6. The summed E-state index contributed by atoms with van der Waals surface area (Å²) in [4.78, 5) is 14.7. The molecule has 3 aromatic carbocycles. The van der Waals surface area contributed by atoms with Gasteiger partial charge in [-0.15, -0.1) is 0 Å². The van der Waals surface area contributed by atoms with E-state index in [1.54, 1.807) is 0 Å². The van der Waals surface area contributed by atoms with Crippen molar-refractivity contribution >= 4 is 23.2 Å². The van der Waals surface area contributed by atoms with Gasteiger partial charge in [-0.2, -0.15) is 0 Å². The Kier molecular flexibility index (Phi) is 8.12. The third-order valence-electron chi connectivity index (χ3n) is 4.81. The average Bonchev–Trinajstić information content (AvgIpc) is 2.80. The predicted octanol–water partition coefficient (Wildman–Crippen LogP) is 4.64. The number of amides is 1. The van der Waals surface area contributed by atoms with Crippen LogP contribution >= 0.6 is 12.2 Å². The Bertz CT molecular complexity index is 944. The zero-order valence-corrected chi connectivity index (χ0v) is 17.6. The molecule has 0 aliphatic heterocycles. The van der Waals surface area contributed by atoms with Crippen LogP contribution in [0.5, 0.6) is 0 Å². The largest absolute Gasteiger partial charge is 0.396 e. The minimum Gasteiger partial charge on any atom is -0.396 e. The van der Waals surface area contributed by atoms with E-state index < -0.39 is 0 Å². The highest BCUT2D eigenvalue weighted by Gasteiger charge is 2.14. The van der Waals surface area contributed by atoms with Crippen molar-refractivity contribution in [2.45, 2.75) is 19.4 Å². The van der Waals surface area contributed by atoms with Crippen LogP contribution in [-0.2, 0) is 6.54 Å². The highest BCUT2D eigenvalue weighted by molar-refractivity contribution is 7.80. The first-order valence-electron chi connectivity index (χ1n) is 10.1. The molecule has 0 aliphatic carbocycles. The first-order valence-corrected chi connectivity index (χ1v) is 10.5. The highest BCUT2D eigenvalue weighted by atomic mass is 32.1. The van der Waals surface area contributed by atoms with Crippen molar-refractivity contribution in [1.29, 1.82) is 0 Å². The molecule has 1 amide bonds. The minimum atomic E-state index is -0.222. The summed E-state index contributed by atoms with van der Waals surface area (Å²) in [6.07, 6.45) is 1.49. The van der Waals surface area contributed by atoms with Crippen LogP contribution in [0.3, 0.4) is 0 Å². The molecule has 0 unspecified atom stereocenters. The maximum Gasteiger partial charge on any atom is 0.257 e. The fourth-order valence-electron chi connectivity index (χ4n) is 3.16. The van der Waals surface area contributed by atoms with E-state index in [2.05, 4.69) is 5.32 Å². The molecule has 0 atom stereocenters. The smallest absolute Gasteiger partial charge is 0.257 e. The molecule has 5 heteroatoms. The van der Waals surface area contributed by atoms with E-state index >= 15 is 0 Å². The van der Waals surface area contributed by atoms with E-state index in [4.69, 9.17) is 17.3 Å². The molecule has 0 spiro atoms. The Morgan fingerprint density at radius 2 is 1.43 bits per heavy atom. The molecular weight excluding hydrogens is 392 g/mol. The van der Waals surface area contributed by atoms with E-state index in [1.165, 1.54) is 0 Å². The lowest BCUT2D eigenvalue weighted by Crippen LogP contribution is -2.42. The van der Waals surface area contributed by atoms with Crippen LogP contribution in [0, 0.1) is 0 Å². The molecule has 3 rings (SSSR count). The van der Waals surface area contributed by atoms with Gasteiger partial charge < -0.3 is 10.0 Å². The van der Waals surface area contributed by atoms with Crippen molar-refractivity contribution in [3.05, 3.63) is 96.1 Å². The van der Waals surface area contributed by atoms with Crippen molar-refractivity contribution in [2.75, 3.05) is 13.2 Å². The van der Waals surface area contributed by atoms with Gasteiger partial charge in [0.2, 0.25) is 0 Å². The molecular formula is C25H26N2O2S. The van der Waals surface area contributed by atoms with E-state index in [-0.39, 0.29) is 12.5 Å². The molecule has 154 valence electrons. The van der Waals surface area contributed by atoms with E-state index in [0.29, 0.717) is 30.2 Å². The Balaban J connectivity index is 1.65. The van der Waals surface area contributed by atoms with Crippen LogP contribution in [0.1, 0.15) is 28.8 Å². The van der Waals surface area contributed by atoms with Crippen molar-refractivity contribution in [2.24, 2.45) is 0 Å². The fraction of sp³-hybridized carbons (Fsp3) is 0.200. The lowest BCUT2D eigenvalue weighted by molar-refractivity contribution is 0.0972.